The number of carboxylic acid groups (broad SMARTS) is 1. The van der Waals surface area contributed by atoms with E-state index in [1.165, 1.54) is 18.7 Å². The van der Waals surface area contributed by atoms with E-state index in [9.17, 15) is 14.4 Å². The highest BCUT2D eigenvalue weighted by atomic mass is 35.5. The highest BCUT2D eigenvalue weighted by molar-refractivity contribution is 6.42. The van der Waals surface area contributed by atoms with Gasteiger partial charge in [-0.05, 0) is 18.6 Å². The molecule has 0 saturated carbocycles. The van der Waals surface area contributed by atoms with E-state index in [1.54, 1.807) is 18.2 Å². The first-order valence-corrected chi connectivity index (χ1v) is 7.69. The molecule has 126 valence electrons. The van der Waals surface area contributed by atoms with Crippen LogP contribution in [0.4, 0.5) is 0 Å². The average Bonchev–Trinajstić information content (AvgIpc) is 2.47. The Morgan fingerprint density at radius 3 is 2.52 bits per heavy atom. The minimum atomic E-state index is -1.13. The second kappa shape index (κ2) is 8.74. The van der Waals surface area contributed by atoms with Gasteiger partial charge in [0.25, 0.3) is 0 Å². The molecule has 2 amide bonds. The van der Waals surface area contributed by atoms with Crippen molar-refractivity contribution in [3.8, 4) is 0 Å². The Hall–Kier alpha value is -1.79. The lowest BCUT2D eigenvalue weighted by molar-refractivity contribution is -0.149. The molecule has 0 bridgehead atoms. The maximum Gasteiger partial charge on any atom is 0.326 e. The zero-order valence-corrected chi connectivity index (χ0v) is 14.3. The summed E-state index contributed by atoms with van der Waals surface area (Å²) in [5.41, 5.74) is 0.520. The lowest BCUT2D eigenvalue weighted by Crippen LogP contribution is -2.47. The number of rotatable bonds is 7. The van der Waals surface area contributed by atoms with E-state index in [0.29, 0.717) is 10.6 Å². The number of carbonyl (C=O) groups is 3. The normalized spacial score (nSPS) is 11.7. The van der Waals surface area contributed by atoms with Gasteiger partial charge >= 0.3 is 5.97 Å². The van der Waals surface area contributed by atoms with Crippen LogP contribution in [-0.4, -0.2) is 46.9 Å². The molecule has 23 heavy (non-hydrogen) atoms. The summed E-state index contributed by atoms with van der Waals surface area (Å²) in [6.45, 7) is 3.01. The van der Waals surface area contributed by atoms with Crippen LogP contribution in [0.25, 0.3) is 0 Å². The van der Waals surface area contributed by atoms with Crippen LogP contribution in [0.5, 0.6) is 0 Å². The molecule has 0 aliphatic rings. The van der Waals surface area contributed by atoms with E-state index in [0.717, 1.165) is 0 Å². The summed E-state index contributed by atoms with van der Waals surface area (Å²) in [5, 5.41) is 12.3. The molecule has 1 atom stereocenters. The summed E-state index contributed by atoms with van der Waals surface area (Å²) in [4.78, 5) is 35.7. The van der Waals surface area contributed by atoms with Gasteiger partial charge in [0.15, 0.2) is 0 Å². The predicted molar refractivity (Wildman–Crippen MR) is 87.7 cm³/mol. The van der Waals surface area contributed by atoms with Gasteiger partial charge in [-0.2, -0.15) is 0 Å². The topological polar surface area (TPSA) is 86.7 Å². The molecule has 1 aromatic carbocycles. The van der Waals surface area contributed by atoms with Crippen molar-refractivity contribution in [3.63, 3.8) is 0 Å². The molecule has 6 nitrogen and oxygen atoms in total. The first-order valence-electron chi connectivity index (χ1n) is 6.93. The zero-order valence-electron chi connectivity index (χ0n) is 12.8. The first kappa shape index (κ1) is 19.3. The van der Waals surface area contributed by atoms with E-state index in [4.69, 9.17) is 28.3 Å². The molecule has 0 heterocycles. The molecule has 2 N–H and O–H groups in total. The number of amides is 2. The molecule has 0 radical (unpaired) electrons. The van der Waals surface area contributed by atoms with Gasteiger partial charge in [-0.25, -0.2) is 4.79 Å². The smallest absolute Gasteiger partial charge is 0.326 e. The SMILES string of the molecule is CC(=O)NCCN(C(=O)Cc1cccc(Cl)c1Cl)C(C)C(=O)O. The van der Waals surface area contributed by atoms with Crippen LogP contribution in [0, 0.1) is 0 Å². The number of aliphatic carboxylic acids is 1. The van der Waals surface area contributed by atoms with Crippen molar-refractivity contribution in [3.05, 3.63) is 33.8 Å². The minimum absolute atomic E-state index is 0.0723. The van der Waals surface area contributed by atoms with E-state index < -0.39 is 17.9 Å². The highest BCUT2D eigenvalue weighted by Crippen LogP contribution is 2.26. The van der Waals surface area contributed by atoms with Gasteiger partial charge in [0.05, 0.1) is 16.5 Å². The van der Waals surface area contributed by atoms with Gasteiger partial charge in [0, 0.05) is 20.0 Å². The first-order chi connectivity index (χ1) is 10.7. The molecule has 1 unspecified atom stereocenters. The number of benzene rings is 1. The van der Waals surface area contributed by atoms with Crippen molar-refractivity contribution >= 4 is 41.0 Å². The molecule has 0 spiro atoms. The van der Waals surface area contributed by atoms with Crippen LogP contribution < -0.4 is 5.32 Å². The van der Waals surface area contributed by atoms with Gasteiger partial charge in [-0.3, -0.25) is 9.59 Å². The quantitative estimate of drug-likeness (QED) is 0.778. The van der Waals surface area contributed by atoms with Crippen LogP contribution in [0.2, 0.25) is 10.0 Å². The van der Waals surface area contributed by atoms with Crippen LogP contribution in [0.15, 0.2) is 18.2 Å². The Morgan fingerprint density at radius 1 is 1.30 bits per heavy atom. The molecular weight excluding hydrogens is 343 g/mol. The number of hydrogen-bond donors (Lipinski definition) is 2. The molecule has 1 aromatic rings. The zero-order chi connectivity index (χ0) is 17.6. The van der Waals surface area contributed by atoms with Crippen molar-refractivity contribution in [2.45, 2.75) is 26.3 Å². The summed E-state index contributed by atoms with van der Waals surface area (Å²) in [5.74, 6) is -1.79. The molecule has 0 fully saturated rings. The fraction of sp³-hybridized carbons (Fsp3) is 0.400. The minimum Gasteiger partial charge on any atom is -0.480 e. The number of hydrogen-bond acceptors (Lipinski definition) is 3. The number of carboxylic acids is 1. The maximum atomic E-state index is 12.4. The molecular formula is C15H18Cl2N2O4. The fourth-order valence-corrected chi connectivity index (χ4v) is 2.36. The van der Waals surface area contributed by atoms with E-state index in [-0.39, 0.29) is 30.4 Å². The summed E-state index contributed by atoms with van der Waals surface area (Å²) in [7, 11) is 0. The van der Waals surface area contributed by atoms with Gasteiger partial charge in [0.1, 0.15) is 6.04 Å². The van der Waals surface area contributed by atoms with Gasteiger partial charge in [0.2, 0.25) is 11.8 Å². The van der Waals surface area contributed by atoms with Crippen molar-refractivity contribution in [2.75, 3.05) is 13.1 Å². The van der Waals surface area contributed by atoms with E-state index >= 15 is 0 Å². The van der Waals surface area contributed by atoms with Gasteiger partial charge in [-0.15, -0.1) is 0 Å². The lowest BCUT2D eigenvalue weighted by atomic mass is 10.1. The molecule has 0 aliphatic heterocycles. The Labute approximate surface area is 144 Å². The maximum absolute atomic E-state index is 12.4. The second-order valence-corrected chi connectivity index (χ2v) is 5.76. The van der Waals surface area contributed by atoms with Crippen LogP contribution in [0.1, 0.15) is 19.4 Å². The Bertz CT molecular complexity index is 607. The summed E-state index contributed by atoms with van der Waals surface area (Å²) < 4.78 is 0. The van der Waals surface area contributed by atoms with Gasteiger partial charge < -0.3 is 15.3 Å². The van der Waals surface area contributed by atoms with Crippen LogP contribution >= 0.6 is 23.2 Å². The standard InChI is InChI=1S/C15H18Cl2N2O4/c1-9(15(22)23)19(7-6-18-10(2)20)13(21)8-11-4-3-5-12(16)14(11)17/h3-5,9H,6-8H2,1-2H3,(H,18,20)(H,22,23). The van der Waals surface area contributed by atoms with Crippen molar-refractivity contribution in [1.29, 1.82) is 0 Å². The molecule has 0 saturated heterocycles. The largest absolute Gasteiger partial charge is 0.480 e. The van der Waals surface area contributed by atoms with Crippen molar-refractivity contribution in [1.82, 2.24) is 10.2 Å². The Balaban J connectivity index is 2.87. The number of nitrogens with one attached hydrogen (secondary N) is 1. The lowest BCUT2D eigenvalue weighted by Gasteiger charge is -2.27. The van der Waals surface area contributed by atoms with Gasteiger partial charge in [-0.1, -0.05) is 35.3 Å². The number of nitrogens with zero attached hydrogens (tertiary/aromatic N) is 1. The third-order valence-electron chi connectivity index (χ3n) is 3.25. The highest BCUT2D eigenvalue weighted by Gasteiger charge is 2.25. The monoisotopic (exact) mass is 360 g/mol. The van der Waals surface area contributed by atoms with Crippen LogP contribution in [-0.2, 0) is 20.8 Å². The van der Waals surface area contributed by atoms with Crippen molar-refractivity contribution in [2.24, 2.45) is 0 Å². The summed E-state index contributed by atoms with van der Waals surface area (Å²) in [6, 6.07) is 3.91. The molecule has 8 heteroatoms. The Kier molecular flexibility index (Phi) is 7.32. The summed E-state index contributed by atoms with van der Waals surface area (Å²) in [6.07, 6.45) is -0.0723. The van der Waals surface area contributed by atoms with Crippen molar-refractivity contribution < 1.29 is 19.5 Å². The second-order valence-electron chi connectivity index (χ2n) is 4.97. The van der Waals surface area contributed by atoms with Crippen LogP contribution in [0.3, 0.4) is 0 Å². The third-order valence-corrected chi connectivity index (χ3v) is 4.10. The molecule has 1 rings (SSSR count). The summed E-state index contributed by atoms with van der Waals surface area (Å²) >= 11 is 12.0. The molecule has 0 aromatic heterocycles. The van der Waals surface area contributed by atoms with E-state index in [2.05, 4.69) is 5.32 Å². The molecule has 0 aliphatic carbocycles. The third kappa shape index (κ3) is 5.73. The van der Waals surface area contributed by atoms with E-state index in [1.807, 2.05) is 0 Å². The fourth-order valence-electron chi connectivity index (χ4n) is 1.97. The average molecular weight is 361 g/mol. The number of carbonyl (C=O) groups excluding carboxylic acids is 2. The predicted octanol–water partition coefficient (Wildman–Crippen LogP) is 1.97. The Morgan fingerprint density at radius 2 is 1.96 bits per heavy atom. The number of halogens is 2.